The van der Waals surface area contributed by atoms with Gasteiger partial charge >= 0.3 is 0 Å². The first-order valence-corrected chi connectivity index (χ1v) is 6.79. The molecule has 0 saturated heterocycles. The van der Waals surface area contributed by atoms with Gasteiger partial charge in [-0.25, -0.2) is 0 Å². The molecule has 0 aliphatic heterocycles. The smallest absolute Gasteiger partial charge is 0.220 e. The highest BCUT2D eigenvalue weighted by Gasteiger charge is 2.09. The van der Waals surface area contributed by atoms with Gasteiger partial charge in [0.2, 0.25) is 4.38 Å². The van der Waals surface area contributed by atoms with E-state index in [2.05, 4.69) is 0 Å². The number of rotatable bonds is 4. The summed E-state index contributed by atoms with van der Waals surface area (Å²) >= 11 is 6.20. The quantitative estimate of drug-likeness (QED) is 0.626. The fourth-order valence-corrected chi connectivity index (χ4v) is 2.21. The Bertz CT molecular complexity index is 475. The number of benzene rings is 1. The van der Waals surface area contributed by atoms with Gasteiger partial charge in [-0.15, -0.1) is 0 Å². The molecule has 0 N–H and O–H groups in total. The van der Waals surface area contributed by atoms with Crippen molar-refractivity contribution in [1.29, 1.82) is 5.26 Å². The molecule has 0 amide bonds. The average molecular weight is 279 g/mol. The van der Waals surface area contributed by atoms with Crippen LogP contribution >= 0.6 is 24.0 Å². The van der Waals surface area contributed by atoms with E-state index in [4.69, 9.17) is 22.2 Å². The van der Waals surface area contributed by atoms with Crippen LogP contribution in [0.25, 0.3) is 0 Å². The number of nitrogens with zero attached hydrogens (tertiary/aromatic N) is 1. The number of thioether (sulfide) groups is 1. The van der Waals surface area contributed by atoms with Crippen LogP contribution in [0.4, 0.5) is 0 Å². The van der Waals surface area contributed by atoms with E-state index >= 15 is 0 Å². The van der Waals surface area contributed by atoms with E-state index in [1.54, 1.807) is 24.3 Å². The molecule has 1 aromatic rings. The molecule has 5 heteroatoms. The molecule has 0 saturated carbocycles. The number of thiocarbonyl (C=S) groups is 1. The van der Waals surface area contributed by atoms with Crippen molar-refractivity contribution in [3.8, 4) is 6.07 Å². The first-order valence-electron chi connectivity index (χ1n) is 5.39. The first-order chi connectivity index (χ1) is 8.52. The first kappa shape index (κ1) is 14.7. The molecule has 1 aromatic carbocycles. The summed E-state index contributed by atoms with van der Waals surface area (Å²) < 4.78 is 5.65. The van der Waals surface area contributed by atoms with Crippen LogP contribution in [0.3, 0.4) is 0 Å². The zero-order valence-corrected chi connectivity index (χ0v) is 11.8. The van der Waals surface area contributed by atoms with E-state index in [9.17, 15) is 4.79 Å². The van der Waals surface area contributed by atoms with Crippen LogP contribution in [-0.2, 0) is 4.74 Å². The SMILES string of the molecule is CC(C)OC(=S)SCC(=O)c1ccc(C#N)cc1. The van der Waals surface area contributed by atoms with Crippen LogP contribution in [0.15, 0.2) is 24.3 Å². The Morgan fingerprint density at radius 2 is 2.06 bits per heavy atom. The Labute approximate surface area is 116 Å². The van der Waals surface area contributed by atoms with Gasteiger partial charge in [-0.2, -0.15) is 5.26 Å². The van der Waals surface area contributed by atoms with Gasteiger partial charge in [-0.3, -0.25) is 4.79 Å². The number of nitriles is 1. The average Bonchev–Trinajstić information content (AvgIpc) is 2.35. The van der Waals surface area contributed by atoms with Gasteiger partial charge < -0.3 is 4.74 Å². The fourth-order valence-electron chi connectivity index (χ4n) is 1.16. The van der Waals surface area contributed by atoms with E-state index in [0.717, 1.165) is 0 Å². The summed E-state index contributed by atoms with van der Waals surface area (Å²) in [6, 6.07) is 8.55. The van der Waals surface area contributed by atoms with Gasteiger partial charge in [-0.05, 0) is 38.2 Å². The second-order valence-electron chi connectivity index (χ2n) is 3.82. The van der Waals surface area contributed by atoms with Gasteiger partial charge in [0.25, 0.3) is 0 Å². The third kappa shape index (κ3) is 4.86. The number of ketones is 1. The Kier molecular flexibility index (Phi) is 5.83. The number of carbonyl (C=O) groups is 1. The van der Waals surface area contributed by atoms with Gasteiger partial charge in [0.15, 0.2) is 5.78 Å². The second-order valence-corrected chi connectivity index (χ2v) is 5.39. The van der Waals surface area contributed by atoms with Gasteiger partial charge in [0, 0.05) is 5.56 Å². The van der Waals surface area contributed by atoms with E-state index in [-0.39, 0.29) is 17.6 Å². The van der Waals surface area contributed by atoms with Crippen LogP contribution in [0.5, 0.6) is 0 Å². The van der Waals surface area contributed by atoms with Crippen LogP contribution in [0.1, 0.15) is 29.8 Å². The Morgan fingerprint density at radius 1 is 1.44 bits per heavy atom. The van der Waals surface area contributed by atoms with Crippen LogP contribution in [-0.4, -0.2) is 22.0 Å². The maximum absolute atomic E-state index is 11.8. The van der Waals surface area contributed by atoms with Gasteiger partial charge in [0.05, 0.1) is 23.5 Å². The summed E-state index contributed by atoms with van der Waals surface area (Å²) in [6.07, 6.45) is 0.0232. The molecular formula is C13H13NO2S2. The molecule has 0 atom stereocenters. The Morgan fingerprint density at radius 3 is 2.56 bits per heavy atom. The lowest BCUT2D eigenvalue weighted by Crippen LogP contribution is -2.10. The normalized spacial score (nSPS) is 9.89. The minimum atomic E-state index is -0.0285. The number of hydrogen-bond acceptors (Lipinski definition) is 5. The second kappa shape index (κ2) is 7.14. The molecule has 0 aliphatic carbocycles. The summed E-state index contributed by atoms with van der Waals surface area (Å²) in [4.78, 5) is 11.8. The van der Waals surface area contributed by atoms with Crippen molar-refractivity contribution in [3.05, 3.63) is 35.4 Å². The molecule has 0 radical (unpaired) electrons. The largest absolute Gasteiger partial charge is 0.476 e. The summed E-state index contributed by atoms with van der Waals surface area (Å²) in [6.45, 7) is 3.77. The van der Waals surface area contributed by atoms with Gasteiger partial charge in [0.1, 0.15) is 0 Å². The number of Topliss-reactive ketones (excluding diaryl/α,β-unsaturated/α-hetero) is 1. The van der Waals surface area contributed by atoms with E-state index < -0.39 is 0 Å². The summed E-state index contributed by atoms with van der Waals surface area (Å²) in [5.74, 6) is 0.219. The third-order valence-corrected chi connectivity index (χ3v) is 3.18. The minimum Gasteiger partial charge on any atom is -0.476 e. The predicted molar refractivity (Wildman–Crippen MR) is 76.8 cm³/mol. The monoisotopic (exact) mass is 279 g/mol. The molecule has 0 unspecified atom stereocenters. The standard InChI is InChI=1S/C13H13NO2S2/c1-9(2)16-13(17)18-8-12(15)11-5-3-10(7-14)4-6-11/h3-6,9H,8H2,1-2H3. The summed E-state index contributed by atoms with van der Waals surface area (Å²) in [5.41, 5.74) is 1.12. The van der Waals surface area contributed by atoms with E-state index in [0.29, 0.717) is 15.5 Å². The summed E-state index contributed by atoms with van der Waals surface area (Å²) in [5, 5.41) is 8.65. The van der Waals surface area contributed by atoms with Crippen LogP contribution in [0.2, 0.25) is 0 Å². The van der Waals surface area contributed by atoms with Crippen molar-refractivity contribution in [2.24, 2.45) is 0 Å². The van der Waals surface area contributed by atoms with E-state index in [1.807, 2.05) is 19.9 Å². The minimum absolute atomic E-state index is 0.0232. The number of ether oxygens (including phenoxy) is 1. The molecule has 3 nitrogen and oxygen atoms in total. The van der Waals surface area contributed by atoms with Crippen molar-refractivity contribution < 1.29 is 9.53 Å². The molecule has 1 rings (SSSR count). The topological polar surface area (TPSA) is 50.1 Å². The molecule has 0 aliphatic rings. The Hall–Kier alpha value is -1.38. The molecule has 94 valence electrons. The molecule has 18 heavy (non-hydrogen) atoms. The lowest BCUT2D eigenvalue weighted by Gasteiger charge is -2.09. The zero-order chi connectivity index (χ0) is 13.5. The maximum Gasteiger partial charge on any atom is 0.220 e. The lowest BCUT2D eigenvalue weighted by molar-refractivity contribution is 0.102. The predicted octanol–water partition coefficient (Wildman–Crippen LogP) is 3.18. The van der Waals surface area contributed by atoms with Crippen LogP contribution < -0.4 is 0 Å². The molecular weight excluding hydrogens is 266 g/mol. The number of carbonyl (C=O) groups excluding carboxylic acids is 1. The highest BCUT2D eigenvalue weighted by Crippen LogP contribution is 2.12. The molecule has 0 bridgehead atoms. The molecule has 0 spiro atoms. The van der Waals surface area contributed by atoms with Crippen molar-refractivity contribution in [3.63, 3.8) is 0 Å². The van der Waals surface area contributed by atoms with Crippen molar-refractivity contribution >= 4 is 34.1 Å². The van der Waals surface area contributed by atoms with Crippen molar-refractivity contribution in [1.82, 2.24) is 0 Å². The molecule has 0 fully saturated rings. The van der Waals surface area contributed by atoms with Crippen LogP contribution in [0, 0.1) is 11.3 Å². The molecule has 0 heterocycles. The van der Waals surface area contributed by atoms with E-state index in [1.165, 1.54) is 11.8 Å². The van der Waals surface area contributed by atoms with Crippen molar-refractivity contribution in [2.45, 2.75) is 20.0 Å². The highest BCUT2D eigenvalue weighted by molar-refractivity contribution is 8.23. The molecule has 0 aromatic heterocycles. The number of hydrogen-bond donors (Lipinski definition) is 0. The van der Waals surface area contributed by atoms with Gasteiger partial charge in [-0.1, -0.05) is 23.9 Å². The lowest BCUT2D eigenvalue weighted by atomic mass is 10.1. The summed E-state index contributed by atoms with van der Waals surface area (Å²) in [7, 11) is 0. The zero-order valence-electron chi connectivity index (χ0n) is 10.2. The maximum atomic E-state index is 11.8. The third-order valence-electron chi connectivity index (χ3n) is 1.99. The fraction of sp³-hybridized carbons (Fsp3) is 0.308. The highest BCUT2D eigenvalue weighted by atomic mass is 32.2. The van der Waals surface area contributed by atoms with Crippen molar-refractivity contribution in [2.75, 3.05) is 5.75 Å². The Balaban J connectivity index is 2.50.